The maximum atomic E-state index is 5.61. The van der Waals surface area contributed by atoms with Crippen molar-refractivity contribution in [2.24, 2.45) is 15.9 Å². The van der Waals surface area contributed by atoms with E-state index in [2.05, 4.69) is 27.6 Å². The summed E-state index contributed by atoms with van der Waals surface area (Å²) < 4.78 is 0. The maximum absolute atomic E-state index is 5.61. The Hall–Kier alpha value is -1.14. The molecule has 0 aromatic heterocycles. The average Bonchev–Trinajstić information content (AvgIpc) is 2.10. The lowest BCUT2D eigenvalue weighted by Gasteiger charge is -2.18. The van der Waals surface area contributed by atoms with Crippen molar-refractivity contribution >= 4 is 12.7 Å². The van der Waals surface area contributed by atoms with Gasteiger partial charge in [0.2, 0.25) is 5.96 Å². The number of aliphatic imine (C=N–C) groups is 1. The highest BCUT2D eigenvalue weighted by atomic mass is 15.5. The number of hydrazine groups is 1. The smallest absolute Gasteiger partial charge is 0.228 e. The maximum Gasteiger partial charge on any atom is 0.228 e. The van der Waals surface area contributed by atoms with Crippen molar-refractivity contribution in [2.45, 2.75) is 0 Å². The second kappa shape index (κ2) is 6.56. The molecule has 0 amide bonds. The molecule has 0 radical (unpaired) electrons. The topological polar surface area (TPSA) is 78.0 Å². The predicted molar refractivity (Wildman–Crippen MR) is 50.9 cm³/mol. The molecular formula is C6H16N6. The Morgan fingerprint density at radius 3 is 2.75 bits per heavy atom. The Balaban J connectivity index is 3.86. The van der Waals surface area contributed by atoms with E-state index in [4.69, 9.17) is 5.84 Å². The Bertz CT molecular complexity index is 154. The number of nitrogens with zero attached hydrogens (tertiary/aromatic N) is 3. The van der Waals surface area contributed by atoms with Gasteiger partial charge in [-0.25, -0.2) is 11.3 Å². The van der Waals surface area contributed by atoms with E-state index in [1.807, 2.05) is 7.05 Å². The van der Waals surface area contributed by atoms with Gasteiger partial charge in [-0.1, -0.05) is 0 Å². The fourth-order valence-corrected chi connectivity index (χ4v) is 0.652. The standard InChI is InChI=1S/C6H16N6/c1-8-4-5-12(7)6(9-2)11-10-3/h8H,3-5,7H2,1-2H3,(H,9,11). The van der Waals surface area contributed by atoms with Crippen molar-refractivity contribution < 1.29 is 0 Å². The van der Waals surface area contributed by atoms with E-state index in [-0.39, 0.29) is 0 Å². The van der Waals surface area contributed by atoms with E-state index in [1.54, 1.807) is 7.05 Å². The molecule has 0 rings (SSSR count). The van der Waals surface area contributed by atoms with Gasteiger partial charge in [0.1, 0.15) is 0 Å². The van der Waals surface area contributed by atoms with Gasteiger partial charge in [-0.15, -0.1) is 0 Å². The van der Waals surface area contributed by atoms with Crippen molar-refractivity contribution in [3.8, 4) is 0 Å². The monoisotopic (exact) mass is 172 g/mol. The lowest BCUT2D eigenvalue weighted by molar-refractivity contribution is 0.420. The zero-order valence-corrected chi connectivity index (χ0v) is 7.54. The Morgan fingerprint density at radius 1 is 1.67 bits per heavy atom. The lowest BCUT2D eigenvalue weighted by Crippen LogP contribution is -2.46. The molecule has 0 saturated carbocycles. The molecule has 4 N–H and O–H groups in total. The van der Waals surface area contributed by atoms with E-state index >= 15 is 0 Å². The van der Waals surface area contributed by atoms with E-state index in [9.17, 15) is 0 Å². The normalized spacial score (nSPS) is 11.1. The number of nitrogens with two attached hydrogens (primary N) is 1. The Morgan fingerprint density at radius 2 is 2.33 bits per heavy atom. The summed E-state index contributed by atoms with van der Waals surface area (Å²) >= 11 is 0. The number of hydrogen-bond acceptors (Lipinski definition) is 4. The quantitative estimate of drug-likeness (QED) is 0.210. The zero-order chi connectivity index (χ0) is 9.40. The minimum Gasteiger partial charge on any atom is -0.318 e. The average molecular weight is 172 g/mol. The zero-order valence-electron chi connectivity index (χ0n) is 7.54. The second-order valence-electron chi connectivity index (χ2n) is 2.11. The number of rotatable bonds is 4. The molecule has 12 heavy (non-hydrogen) atoms. The molecule has 0 heterocycles. The summed E-state index contributed by atoms with van der Waals surface area (Å²) in [5, 5.41) is 7.90. The van der Waals surface area contributed by atoms with Gasteiger partial charge in [0.05, 0.1) is 0 Å². The first-order valence-corrected chi connectivity index (χ1v) is 3.61. The van der Waals surface area contributed by atoms with Crippen LogP contribution in [0.2, 0.25) is 0 Å². The molecule has 0 bridgehead atoms. The summed E-state index contributed by atoms with van der Waals surface area (Å²) in [5.41, 5.74) is 2.58. The van der Waals surface area contributed by atoms with Crippen molar-refractivity contribution in [3.05, 3.63) is 0 Å². The molecule has 0 aliphatic heterocycles. The van der Waals surface area contributed by atoms with Crippen molar-refractivity contribution in [1.29, 1.82) is 0 Å². The van der Waals surface area contributed by atoms with Crippen LogP contribution in [0.4, 0.5) is 0 Å². The first-order chi connectivity index (χ1) is 5.76. The summed E-state index contributed by atoms with van der Waals surface area (Å²) in [6, 6.07) is 0. The van der Waals surface area contributed by atoms with Crippen LogP contribution in [-0.4, -0.2) is 44.9 Å². The van der Waals surface area contributed by atoms with Crippen LogP contribution < -0.4 is 16.6 Å². The lowest BCUT2D eigenvalue weighted by atomic mass is 10.6. The van der Waals surface area contributed by atoms with Gasteiger partial charge in [0.25, 0.3) is 0 Å². The van der Waals surface area contributed by atoms with Crippen LogP contribution in [-0.2, 0) is 0 Å². The van der Waals surface area contributed by atoms with Crippen LogP contribution in [0.5, 0.6) is 0 Å². The van der Waals surface area contributed by atoms with Crippen LogP contribution in [0.1, 0.15) is 0 Å². The van der Waals surface area contributed by atoms with E-state index in [1.165, 1.54) is 5.01 Å². The summed E-state index contributed by atoms with van der Waals surface area (Å²) in [6.07, 6.45) is 0. The molecule has 70 valence electrons. The first kappa shape index (κ1) is 10.9. The highest BCUT2D eigenvalue weighted by Gasteiger charge is 2.02. The van der Waals surface area contributed by atoms with Gasteiger partial charge in [-0.3, -0.25) is 10.0 Å². The van der Waals surface area contributed by atoms with Gasteiger partial charge in [0.15, 0.2) is 0 Å². The summed E-state index contributed by atoms with van der Waals surface area (Å²) in [6.45, 7) is 4.72. The third-order valence-electron chi connectivity index (χ3n) is 1.27. The van der Waals surface area contributed by atoms with Crippen molar-refractivity contribution in [1.82, 2.24) is 15.8 Å². The fourth-order valence-electron chi connectivity index (χ4n) is 0.652. The van der Waals surface area contributed by atoms with Gasteiger partial charge < -0.3 is 5.32 Å². The van der Waals surface area contributed by atoms with Crippen LogP contribution in [0.25, 0.3) is 0 Å². The number of guanidine groups is 1. The number of nitrogens with one attached hydrogen (secondary N) is 2. The molecule has 0 aromatic rings. The van der Waals surface area contributed by atoms with Gasteiger partial charge >= 0.3 is 0 Å². The minimum absolute atomic E-state index is 0.500. The number of hydrazone groups is 1. The SMILES string of the molecule is C=NNC(=NC)N(N)CCNC. The Labute approximate surface area is 72.5 Å². The van der Waals surface area contributed by atoms with E-state index < -0.39 is 0 Å². The van der Waals surface area contributed by atoms with Crippen molar-refractivity contribution in [3.63, 3.8) is 0 Å². The van der Waals surface area contributed by atoms with Crippen LogP contribution >= 0.6 is 0 Å². The fraction of sp³-hybridized carbons (Fsp3) is 0.667. The van der Waals surface area contributed by atoms with Crippen LogP contribution in [0.3, 0.4) is 0 Å². The highest BCUT2D eigenvalue weighted by Crippen LogP contribution is 1.78. The van der Waals surface area contributed by atoms with Crippen LogP contribution in [0.15, 0.2) is 10.1 Å². The minimum atomic E-state index is 0.500. The summed E-state index contributed by atoms with van der Waals surface area (Å²) in [5.74, 6) is 6.11. The van der Waals surface area contributed by atoms with Crippen molar-refractivity contribution in [2.75, 3.05) is 27.2 Å². The molecule has 0 spiro atoms. The third-order valence-corrected chi connectivity index (χ3v) is 1.27. The molecule has 0 aromatic carbocycles. The molecule has 6 nitrogen and oxygen atoms in total. The van der Waals surface area contributed by atoms with Gasteiger partial charge in [-0.05, 0) is 7.05 Å². The largest absolute Gasteiger partial charge is 0.318 e. The third kappa shape index (κ3) is 3.89. The number of likely N-dealkylation sites (N-methyl/N-ethyl adjacent to an activating group) is 1. The summed E-state index contributed by atoms with van der Waals surface area (Å²) in [4.78, 5) is 3.88. The Kier molecular flexibility index (Phi) is 5.94. The second-order valence-corrected chi connectivity index (χ2v) is 2.11. The van der Waals surface area contributed by atoms with E-state index in [0.29, 0.717) is 12.5 Å². The molecule has 0 aliphatic rings. The number of hydrogen-bond donors (Lipinski definition) is 3. The van der Waals surface area contributed by atoms with Gasteiger partial charge in [0, 0.05) is 26.9 Å². The first-order valence-electron chi connectivity index (χ1n) is 3.61. The molecule has 0 aliphatic carbocycles. The predicted octanol–water partition coefficient (Wildman–Crippen LogP) is -1.43. The van der Waals surface area contributed by atoms with E-state index in [0.717, 1.165) is 6.54 Å². The molecule has 0 unspecified atom stereocenters. The van der Waals surface area contributed by atoms with Gasteiger partial charge in [-0.2, -0.15) is 5.10 Å². The highest BCUT2D eigenvalue weighted by molar-refractivity contribution is 5.79. The molecular weight excluding hydrogens is 156 g/mol. The summed E-state index contributed by atoms with van der Waals surface area (Å²) in [7, 11) is 3.49. The molecule has 0 saturated heterocycles. The molecule has 0 fully saturated rings. The van der Waals surface area contributed by atoms with Crippen LogP contribution in [0, 0.1) is 0 Å². The molecule has 6 heteroatoms. The molecule has 0 atom stereocenters.